The van der Waals surface area contributed by atoms with Crippen LogP contribution in [-0.2, 0) is 13.0 Å². The van der Waals surface area contributed by atoms with E-state index in [1.165, 1.54) is 29.3 Å². The van der Waals surface area contributed by atoms with Crippen molar-refractivity contribution in [1.29, 1.82) is 0 Å². The molecule has 0 aromatic heterocycles. The van der Waals surface area contributed by atoms with Gasteiger partial charge in [0, 0.05) is 16.6 Å². The van der Waals surface area contributed by atoms with Crippen LogP contribution in [-0.4, -0.2) is 0 Å². The molecule has 0 fully saturated rings. The third-order valence-corrected chi connectivity index (χ3v) is 4.01. The maximum atomic E-state index is 13.2. The minimum Gasteiger partial charge on any atom is -0.489 e. The number of hydrogen-bond donors (Lipinski definition) is 1. The van der Waals surface area contributed by atoms with Crippen molar-refractivity contribution in [2.24, 2.45) is 5.73 Å². The highest BCUT2D eigenvalue weighted by molar-refractivity contribution is 6.31. The van der Waals surface area contributed by atoms with Crippen LogP contribution in [0.15, 0.2) is 36.4 Å². The Balaban J connectivity index is 1.74. The Morgan fingerprint density at radius 1 is 1.25 bits per heavy atom. The van der Waals surface area contributed by atoms with Crippen LogP contribution in [0.25, 0.3) is 0 Å². The third kappa shape index (κ3) is 2.65. The van der Waals surface area contributed by atoms with Crippen LogP contribution in [0.4, 0.5) is 4.39 Å². The number of fused-ring (bicyclic) bond motifs is 1. The van der Waals surface area contributed by atoms with E-state index >= 15 is 0 Å². The predicted octanol–water partition coefficient (Wildman–Crippen LogP) is 4.00. The molecule has 1 aliphatic carbocycles. The van der Waals surface area contributed by atoms with Crippen LogP contribution in [0.1, 0.15) is 29.2 Å². The van der Waals surface area contributed by atoms with Gasteiger partial charge < -0.3 is 10.5 Å². The maximum Gasteiger partial charge on any atom is 0.123 e. The number of ether oxygens (including phenoxy) is 1. The average Bonchev–Trinajstić information content (AvgIpc) is 2.81. The summed E-state index contributed by atoms with van der Waals surface area (Å²) in [5.41, 5.74) is 9.07. The van der Waals surface area contributed by atoms with Crippen LogP contribution in [0.3, 0.4) is 0 Å². The fourth-order valence-corrected chi connectivity index (χ4v) is 2.70. The molecule has 0 saturated carbocycles. The van der Waals surface area contributed by atoms with Gasteiger partial charge in [-0.05, 0) is 54.3 Å². The molecule has 2 aromatic rings. The van der Waals surface area contributed by atoms with Crippen molar-refractivity contribution in [3.8, 4) is 5.75 Å². The van der Waals surface area contributed by atoms with E-state index < -0.39 is 0 Å². The van der Waals surface area contributed by atoms with E-state index in [9.17, 15) is 4.39 Å². The maximum absolute atomic E-state index is 13.2. The molecule has 0 aliphatic heterocycles. The van der Waals surface area contributed by atoms with Gasteiger partial charge in [0.15, 0.2) is 0 Å². The Morgan fingerprint density at radius 3 is 2.95 bits per heavy atom. The summed E-state index contributed by atoms with van der Waals surface area (Å²) in [5, 5.41) is 0.509. The van der Waals surface area contributed by atoms with Crippen molar-refractivity contribution in [3.63, 3.8) is 0 Å². The Bertz CT molecular complexity index is 644. The first kappa shape index (κ1) is 13.4. The molecule has 3 rings (SSSR count). The summed E-state index contributed by atoms with van der Waals surface area (Å²) in [5.74, 6) is 0.450. The zero-order valence-corrected chi connectivity index (χ0v) is 11.7. The lowest BCUT2D eigenvalue weighted by atomic mass is 10.1. The van der Waals surface area contributed by atoms with Gasteiger partial charge in [0.25, 0.3) is 0 Å². The van der Waals surface area contributed by atoms with E-state index in [4.69, 9.17) is 22.1 Å². The second-order valence-corrected chi connectivity index (χ2v) is 5.44. The van der Waals surface area contributed by atoms with Crippen molar-refractivity contribution >= 4 is 11.6 Å². The normalized spacial score (nSPS) is 17.1. The summed E-state index contributed by atoms with van der Waals surface area (Å²) in [4.78, 5) is 0. The van der Waals surface area contributed by atoms with Gasteiger partial charge in [0.05, 0.1) is 0 Å². The summed E-state index contributed by atoms with van der Waals surface area (Å²) in [6.07, 6.45) is 1.96. The van der Waals surface area contributed by atoms with Crippen molar-refractivity contribution in [3.05, 3.63) is 63.9 Å². The topological polar surface area (TPSA) is 35.2 Å². The van der Waals surface area contributed by atoms with Crippen molar-refractivity contribution in [1.82, 2.24) is 0 Å². The molecule has 1 atom stereocenters. The van der Waals surface area contributed by atoms with Crippen LogP contribution < -0.4 is 10.5 Å². The number of hydrogen-bond acceptors (Lipinski definition) is 2. The van der Waals surface area contributed by atoms with Crippen molar-refractivity contribution in [2.45, 2.75) is 25.5 Å². The van der Waals surface area contributed by atoms with Crippen molar-refractivity contribution < 1.29 is 9.13 Å². The SMILES string of the molecule is N[C@@H]1CCc2cc(OCc3cc(F)ccc3Cl)ccc21. The van der Waals surface area contributed by atoms with E-state index in [0.717, 1.165) is 18.6 Å². The Morgan fingerprint density at radius 2 is 2.10 bits per heavy atom. The van der Waals surface area contributed by atoms with E-state index in [1.807, 2.05) is 18.2 Å². The Kier molecular flexibility index (Phi) is 3.64. The first-order valence-electron chi connectivity index (χ1n) is 6.58. The second-order valence-electron chi connectivity index (χ2n) is 5.03. The van der Waals surface area contributed by atoms with Gasteiger partial charge >= 0.3 is 0 Å². The van der Waals surface area contributed by atoms with Gasteiger partial charge in [-0.1, -0.05) is 17.7 Å². The van der Waals surface area contributed by atoms with Crippen molar-refractivity contribution in [2.75, 3.05) is 0 Å². The van der Waals surface area contributed by atoms with E-state index in [2.05, 4.69) is 0 Å². The quantitative estimate of drug-likeness (QED) is 0.927. The highest BCUT2D eigenvalue weighted by Crippen LogP contribution is 2.32. The number of rotatable bonds is 3. The predicted molar refractivity (Wildman–Crippen MR) is 77.4 cm³/mol. The minimum atomic E-state index is -0.312. The van der Waals surface area contributed by atoms with Gasteiger partial charge in [0.1, 0.15) is 18.2 Å². The molecule has 0 bridgehead atoms. The first-order valence-corrected chi connectivity index (χ1v) is 6.96. The fraction of sp³-hybridized carbons (Fsp3) is 0.250. The first-order chi connectivity index (χ1) is 9.63. The second kappa shape index (κ2) is 5.43. The zero-order valence-electron chi connectivity index (χ0n) is 10.9. The van der Waals surface area contributed by atoms with Crippen LogP contribution in [0, 0.1) is 5.82 Å². The monoisotopic (exact) mass is 291 g/mol. The summed E-state index contributed by atoms with van der Waals surface area (Å²) in [7, 11) is 0. The molecule has 2 N–H and O–H groups in total. The lowest BCUT2D eigenvalue weighted by molar-refractivity contribution is 0.305. The molecule has 4 heteroatoms. The van der Waals surface area contributed by atoms with Crippen LogP contribution >= 0.6 is 11.6 Å². The number of nitrogens with two attached hydrogens (primary N) is 1. The molecule has 1 aliphatic rings. The molecule has 104 valence electrons. The Hall–Kier alpha value is -1.58. The highest BCUT2D eigenvalue weighted by Gasteiger charge is 2.19. The minimum absolute atomic E-state index is 0.136. The molecule has 0 amide bonds. The molecule has 0 saturated heterocycles. The average molecular weight is 292 g/mol. The zero-order chi connectivity index (χ0) is 14.1. The molecule has 20 heavy (non-hydrogen) atoms. The molecule has 0 heterocycles. The number of halogens is 2. The summed E-state index contributed by atoms with van der Waals surface area (Å²) in [6.45, 7) is 0.251. The molecule has 0 spiro atoms. The molecule has 0 unspecified atom stereocenters. The van der Waals surface area contributed by atoms with Gasteiger partial charge in [-0.25, -0.2) is 4.39 Å². The molecular weight excluding hydrogens is 277 g/mol. The molecule has 2 nitrogen and oxygen atoms in total. The Labute approximate surface area is 122 Å². The molecular formula is C16H15ClFNO. The van der Waals surface area contributed by atoms with Gasteiger partial charge in [-0.3, -0.25) is 0 Å². The lowest BCUT2D eigenvalue weighted by Crippen LogP contribution is -2.05. The highest BCUT2D eigenvalue weighted by atomic mass is 35.5. The van der Waals surface area contributed by atoms with Crippen LogP contribution in [0.2, 0.25) is 5.02 Å². The van der Waals surface area contributed by atoms with Gasteiger partial charge in [-0.2, -0.15) is 0 Å². The molecule has 0 radical (unpaired) electrons. The smallest absolute Gasteiger partial charge is 0.123 e. The van der Waals surface area contributed by atoms with E-state index in [0.29, 0.717) is 10.6 Å². The summed E-state index contributed by atoms with van der Waals surface area (Å²) >= 11 is 6.01. The number of aryl methyl sites for hydroxylation is 1. The fourth-order valence-electron chi connectivity index (χ4n) is 2.53. The standard InChI is InChI=1S/C16H15ClFNO/c17-15-5-2-12(18)7-11(15)9-20-13-3-4-14-10(8-13)1-6-16(14)19/h2-5,7-8,16H,1,6,9,19H2/t16-/m1/s1. The summed E-state index contributed by atoms with van der Waals surface area (Å²) in [6, 6.07) is 10.3. The van der Waals surface area contributed by atoms with E-state index in [1.54, 1.807) is 0 Å². The van der Waals surface area contributed by atoms with E-state index in [-0.39, 0.29) is 18.5 Å². The van der Waals surface area contributed by atoms with Gasteiger partial charge in [-0.15, -0.1) is 0 Å². The summed E-state index contributed by atoms with van der Waals surface area (Å²) < 4.78 is 18.9. The largest absolute Gasteiger partial charge is 0.489 e. The molecule has 2 aromatic carbocycles. The van der Waals surface area contributed by atoms with Gasteiger partial charge in [0.2, 0.25) is 0 Å². The third-order valence-electron chi connectivity index (χ3n) is 3.64. The number of benzene rings is 2. The lowest BCUT2D eigenvalue weighted by Gasteiger charge is -2.10. The van der Waals surface area contributed by atoms with Crippen LogP contribution in [0.5, 0.6) is 5.75 Å².